The maximum atomic E-state index is 6.01. The number of rotatable bonds is 6. The van der Waals surface area contributed by atoms with Gasteiger partial charge in [-0.2, -0.15) is 0 Å². The Kier molecular flexibility index (Phi) is 6.74. The van der Waals surface area contributed by atoms with Crippen LogP contribution in [0.25, 0.3) is 0 Å². The van der Waals surface area contributed by atoms with Crippen molar-refractivity contribution in [1.82, 2.24) is 0 Å². The predicted molar refractivity (Wildman–Crippen MR) is 62.7 cm³/mol. The lowest BCUT2D eigenvalue weighted by molar-refractivity contribution is 0.186. The van der Waals surface area contributed by atoms with Crippen LogP contribution in [0.4, 0.5) is 0 Å². The summed E-state index contributed by atoms with van der Waals surface area (Å²) >= 11 is 5.49. The quantitative estimate of drug-likeness (QED) is 0.612. The fraction of sp³-hybridized carbons (Fsp3) is 0.800. The van der Waals surface area contributed by atoms with Crippen LogP contribution in [0, 0.1) is 0 Å². The van der Waals surface area contributed by atoms with E-state index in [9.17, 15) is 0 Å². The van der Waals surface area contributed by atoms with Crippen molar-refractivity contribution >= 4 is 19.9 Å². The number of halogens is 1. The van der Waals surface area contributed by atoms with Gasteiger partial charge in [0.15, 0.2) is 8.32 Å². The van der Waals surface area contributed by atoms with E-state index < -0.39 is 8.32 Å². The Hall–Kier alpha value is 0.207. The summed E-state index contributed by atoms with van der Waals surface area (Å²) in [5.41, 5.74) is 1.58. The zero-order valence-corrected chi connectivity index (χ0v) is 10.9. The highest BCUT2D eigenvalue weighted by molar-refractivity contribution is 6.69. The Morgan fingerprint density at radius 1 is 1.38 bits per heavy atom. The summed E-state index contributed by atoms with van der Waals surface area (Å²) < 4.78 is 6.01. The van der Waals surface area contributed by atoms with Crippen LogP contribution >= 0.6 is 11.6 Å². The van der Waals surface area contributed by atoms with Gasteiger partial charge >= 0.3 is 0 Å². The van der Waals surface area contributed by atoms with Crippen LogP contribution in [0.3, 0.4) is 0 Å². The Morgan fingerprint density at radius 2 is 2.00 bits per heavy atom. The monoisotopic (exact) mass is 220 g/mol. The number of hydrogen-bond donors (Lipinski definition) is 0. The van der Waals surface area contributed by atoms with Crippen molar-refractivity contribution in [1.29, 1.82) is 0 Å². The van der Waals surface area contributed by atoms with Crippen LogP contribution in [0.15, 0.2) is 11.6 Å². The first-order chi connectivity index (χ1) is 5.99. The van der Waals surface area contributed by atoms with Gasteiger partial charge in [0.05, 0.1) is 0 Å². The van der Waals surface area contributed by atoms with Crippen molar-refractivity contribution in [2.75, 3.05) is 0 Å². The second-order valence-electron chi connectivity index (χ2n) is 4.24. The Morgan fingerprint density at radius 3 is 2.38 bits per heavy atom. The second kappa shape index (κ2) is 6.63. The molecule has 13 heavy (non-hydrogen) atoms. The van der Waals surface area contributed by atoms with Crippen LogP contribution in [-0.4, -0.2) is 14.4 Å². The lowest BCUT2D eigenvalue weighted by Gasteiger charge is -2.25. The summed E-state index contributed by atoms with van der Waals surface area (Å²) in [6.45, 7) is 8.85. The molecule has 0 amide bonds. The summed E-state index contributed by atoms with van der Waals surface area (Å²) in [6, 6.07) is 0. The van der Waals surface area contributed by atoms with Gasteiger partial charge in [0.1, 0.15) is 0 Å². The largest absolute Gasteiger partial charge is 0.414 e. The van der Waals surface area contributed by atoms with Crippen molar-refractivity contribution in [3.05, 3.63) is 11.6 Å². The Labute approximate surface area is 88.3 Å². The second-order valence-corrected chi connectivity index (χ2v) is 8.95. The molecule has 0 bridgehead atoms. The van der Waals surface area contributed by atoms with Gasteiger partial charge in [-0.1, -0.05) is 31.0 Å². The molecule has 78 valence electrons. The average molecular weight is 221 g/mol. The molecule has 1 unspecified atom stereocenters. The summed E-state index contributed by atoms with van der Waals surface area (Å²) in [4.78, 5) is 0. The molecule has 0 N–H and O–H groups in total. The molecule has 0 spiro atoms. The highest BCUT2D eigenvalue weighted by Crippen LogP contribution is 2.15. The van der Waals surface area contributed by atoms with Gasteiger partial charge in [0, 0.05) is 11.6 Å². The van der Waals surface area contributed by atoms with Crippen molar-refractivity contribution in [2.45, 2.75) is 51.9 Å². The molecule has 0 aromatic carbocycles. The van der Waals surface area contributed by atoms with E-state index >= 15 is 0 Å². The van der Waals surface area contributed by atoms with Gasteiger partial charge in [-0.25, -0.2) is 0 Å². The van der Waals surface area contributed by atoms with E-state index in [4.69, 9.17) is 16.0 Å². The van der Waals surface area contributed by atoms with Gasteiger partial charge in [-0.15, -0.1) is 0 Å². The zero-order chi connectivity index (χ0) is 10.3. The molecule has 0 aromatic heterocycles. The SMILES string of the molecule is CCCC(CC=CCl)O[Si](C)(C)C. The normalized spacial score (nSPS) is 15.2. The maximum Gasteiger partial charge on any atom is 0.184 e. The van der Waals surface area contributed by atoms with Gasteiger partial charge in [0.25, 0.3) is 0 Å². The lowest BCUT2D eigenvalue weighted by Crippen LogP contribution is -2.31. The third kappa shape index (κ3) is 8.53. The van der Waals surface area contributed by atoms with Crippen molar-refractivity contribution < 1.29 is 4.43 Å². The molecule has 0 aliphatic rings. The Bertz CT molecular complexity index is 151. The van der Waals surface area contributed by atoms with E-state index in [0.717, 1.165) is 12.8 Å². The maximum absolute atomic E-state index is 6.01. The molecule has 0 aromatic rings. The van der Waals surface area contributed by atoms with Crippen molar-refractivity contribution in [3.8, 4) is 0 Å². The summed E-state index contributed by atoms with van der Waals surface area (Å²) in [5.74, 6) is 0. The number of hydrogen-bond acceptors (Lipinski definition) is 1. The first-order valence-corrected chi connectivity index (χ1v) is 8.77. The van der Waals surface area contributed by atoms with Crippen molar-refractivity contribution in [2.24, 2.45) is 0 Å². The van der Waals surface area contributed by atoms with Crippen LogP contribution in [0.2, 0.25) is 19.6 Å². The Balaban J connectivity index is 3.93. The van der Waals surface area contributed by atoms with Gasteiger partial charge < -0.3 is 4.43 Å². The van der Waals surface area contributed by atoms with E-state index in [1.165, 1.54) is 6.42 Å². The predicted octanol–water partition coefficient (Wildman–Crippen LogP) is 4.15. The van der Waals surface area contributed by atoms with E-state index in [-0.39, 0.29) is 0 Å². The molecule has 0 saturated heterocycles. The molecule has 0 rings (SSSR count). The molecular formula is C10H21ClOSi. The third-order valence-electron chi connectivity index (χ3n) is 1.62. The average Bonchev–Trinajstić information content (AvgIpc) is 1.98. The smallest absolute Gasteiger partial charge is 0.184 e. The highest BCUT2D eigenvalue weighted by atomic mass is 35.5. The molecule has 0 aliphatic carbocycles. The first-order valence-electron chi connectivity index (χ1n) is 4.92. The molecule has 3 heteroatoms. The molecule has 0 fully saturated rings. The standard InChI is InChI=1S/C10H21ClOSi/c1-5-7-10(8-6-9-11)12-13(2,3)4/h6,9-10H,5,7-8H2,1-4H3. The molecule has 0 saturated carbocycles. The molecule has 0 aliphatic heterocycles. The van der Waals surface area contributed by atoms with Crippen LogP contribution < -0.4 is 0 Å². The molecule has 1 nitrogen and oxygen atoms in total. The van der Waals surface area contributed by atoms with E-state index in [1.54, 1.807) is 5.54 Å². The van der Waals surface area contributed by atoms with E-state index in [1.807, 2.05) is 6.08 Å². The highest BCUT2D eigenvalue weighted by Gasteiger charge is 2.19. The van der Waals surface area contributed by atoms with Crippen LogP contribution in [0.1, 0.15) is 26.2 Å². The zero-order valence-electron chi connectivity index (χ0n) is 9.14. The summed E-state index contributed by atoms with van der Waals surface area (Å²) in [7, 11) is -1.38. The van der Waals surface area contributed by atoms with Crippen LogP contribution in [-0.2, 0) is 4.43 Å². The summed E-state index contributed by atoms with van der Waals surface area (Å²) in [5, 5.41) is 0. The van der Waals surface area contributed by atoms with E-state index in [2.05, 4.69) is 26.6 Å². The minimum absolute atomic E-state index is 0.367. The molecule has 0 radical (unpaired) electrons. The molecule has 0 heterocycles. The van der Waals surface area contributed by atoms with Gasteiger partial charge in [-0.3, -0.25) is 0 Å². The van der Waals surface area contributed by atoms with Gasteiger partial charge in [-0.05, 0) is 32.5 Å². The minimum Gasteiger partial charge on any atom is -0.414 e. The fourth-order valence-corrected chi connectivity index (χ4v) is 2.57. The topological polar surface area (TPSA) is 9.23 Å². The fourth-order valence-electron chi connectivity index (χ4n) is 1.25. The summed E-state index contributed by atoms with van der Waals surface area (Å²) in [6.07, 6.45) is 5.59. The lowest BCUT2D eigenvalue weighted by atomic mass is 10.1. The minimum atomic E-state index is -1.38. The molecular weight excluding hydrogens is 200 g/mol. The van der Waals surface area contributed by atoms with Gasteiger partial charge in [0.2, 0.25) is 0 Å². The third-order valence-corrected chi connectivity index (χ3v) is 2.84. The first kappa shape index (κ1) is 13.2. The van der Waals surface area contributed by atoms with Crippen molar-refractivity contribution in [3.63, 3.8) is 0 Å². The van der Waals surface area contributed by atoms with Crippen LogP contribution in [0.5, 0.6) is 0 Å². The molecule has 1 atom stereocenters. The van der Waals surface area contributed by atoms with E-state index in [0.29, 0.717) is 6.10 Å².